The van der Waals surface area contributed by atoms with E-state index in [4.69, 9.17) is 16.3 Å². The number of nitrogens with zero attached hydrogens (tertiary/aromatic N) is 7. The Kier molecular flexibility index (Phi) is 7.68. The largest absolute Gasteiger partial charge is 0.478 e. The zero-order valence-electron chi connectivity index (χ0n) is 23.1. The molecule has 0 radical (unpaired) electrons. The van der Waals surface area contributed by atoms with Crippen LogP contribution in [0.4, 0.5) is 21.7 Å². The molecule has 0 spiro atoms. The number of hydrogen-bond acceptors (Lipinski definition) is 9. The minimum Gasteiger partial charge on any atom is -0.478 e. The number of rotatable bonds is 7. The lowest BCUT2D eigenvalue weighted by atomic mass is 10.2. The van der Waals surface area contributed by atoms with Crippen LogP contribution in [0.15, 0.2) is 71.7 Å². The summed E-state index contributed by atoms with van der Waals surface area (Å²) in [6.07, 6.45) is 1.40. The van der Waals surface area contributed by atoms with Gasteiger partial charge < -0.3 is 19.9 Å². The third kappa shape index (κ3) is 5.48. The highest BCUT2D eigenvalue weighted by Crippen LogP contribution is 2.28. The molecular weight excluding hydrogens is 559 g/mol. The SMILES string of the molecule is CCOc1cccc(-c2nn(-c3c(F)cccc3Cl)c(=O)c3cnc(Nc4ccc(N5CCN(C)CC5)cc4)nc23)n1. The molecule has 0 unspecified atom stereocenters. The lowest BCUT2D eigenvalue weighted by Crippen LogP contribution is -2.44. The number of anilines is 3. The number of halogens is 2. The normalized spacial score (nSPS) is 13.9. The zero-order valence-corrected chi connectivity index (χ0v) is 23.8. The van der Waals surface area contributed by atoms with E-state index in [2.05, 4.69) is 54.3 Å². The van der Waals surface area contributed by atoms with Crippen molar-refractivity contribution in [2.24, 2.45) is 0 Å². The number of hydrogen-bond donors (Lipinski definition) is 1. The van der Waals surface area contributed by atoms with Crippen LogP contribution in [0.1, 0.15) is 6.92 Å². The van der Waals surface area contributed by atoms with Gasteiger partial charge in [-0.3, -0.25) is 4.79 Å². The van der Waals surface area contributed by atoms with Gasteiger partial charge in [0.1, 0.15) is 16.9 Å². The number of pyridine rings is 1. The maximum atomic E-state index is 14.9. The molecule has 214 valence electrons. The van der Waals surface area contributed by atoms with E-state index in [1.807, 2.05) is 19.1 Å². The van der Waals surface area contributed by atoms with E-state index in [9.17, 15) is 9.18 Å². The molecular formula is C30H28ClFN8O2. The second-order valence-electron chi connectivity index (χ2n) is 9.85. The van der Waals surface area contributed by atoms with E-state index >= 15 is 0 Å². The summed E-state index contributed by atoms with van der Waals surface area (Å²) in [6, 6.07) is 17.4. The van der Waals surface area contributed by atoms with Crippen molar-refractivity contribution < 1.29 is 9.13 Å². The van der Waals surface area contributed by atoms with Gasteiger partial charge in [-0.05, 0) is 56.4 Å². The Labute approximate surface area is 246 Å². The van der Waals surface area contributed by atoms with Gasteiger partial charge in [0, 0.05) is 49.8 Å². The molecule has 1 saturated heterocycles. The lowest BCUT2D eigenvalue weighted by Gasteiger charge is -2.34. The summed E-state index contributed by atoms with van der Waals surface area (Å²) in [6.45, 7) is 6.26. The summed E-state index contributed by atoms with van der Waals surface area (Å²) < 4.78 is 21.4. The van der Waals surface area contributed by atoms with E-state index in [1.54, 1.807) is 18.2 Å². The standard InChI is InChI=1S/C30H28ClFN8O2/c1-3-42-25-9-5-8-24(35-25)27-26-21(29(41)40(37-27)28-22(31)6-4-7-23(28)32)18-33-30(36-26)34-19-10-12-20(13-11-19)39-16-14-38(2)15-17-39/h4-13,18H,3,14-17H2,1-2H3,(H,33,34,36). The van der Waals surface area contributed by atoms with Crippen molar-refractivity contribution in [1.82, 2.24) is 29.6 Å². The summed E-state index contributed by atoms with van der Waals surface area (Å²) in [5, 5.41) is 7.89. The van der Waals surface area contributed by atoms with Crippen LogP contribution >= 0.6 is 11.6 Å². The fraction of sp³-hybridized carbons (Fsp3) is 0.233. The monoisotopic (exact) mass is 586 g/mol. The minimum atomic E-state index is -0.697. The average molecular weight is 587 g/mol. The van der Waals surface area contributed by atoms with Crippen molar-refractivity contribution in [3.05, 3.63) is 88.1 Å². The first-order valence-electron chi connectivity index (χ1n) is 13.6. The second-order valence-corrected chi connectivity index (χ2v) is 10.3. The number of ether oxygens (including phenoxy) is 1. The second kappa shape index (κ2) is 11.7. The summed E-state index contributed by atoms with van der Waals surface area (Å²) >= 11 is 6.31. The van der Waals surface area contributed by atoms with Crippen LogP contribution in [0.2, 0.25) is 5.02 Å². The van der Waals surface area contributed by atoms with Gasteiger partial charge in [-0.25, -0.2) is 19.3 Å². The fourth-order valence-corrected chi connectivity index (χ4v) is 5.07. The Hall–Kier alpha value is -4.61. The van der Waals surface area contributed by atoms with Gasteiger partial charge in [-0.15, -0.1) is 0 Å². The van der Waals surface area contributed by atoms with E-state index in [1.165, 1.54) is 24.4 Å². The minimum absolute atomic E-state index is 0.0325. The highest BCUT2D eigenvalue weighted by atomic mass is 35.5. The molecule has 42 heavy (non-hydrogen) atoms. The van der Waals surface area contributed by atoms with Gasteiger partial charge in [0.25, 0.3) is 5.56 Å². The highest BCUT2D eigenvalue weighted by Gasteiger charge is 2.21. The van der Waals surface area contributed by atoms with Crippen LogP contribution in [0.3, 0.4) is 0 Å². The van der Waals surface area contributed by atoms with Gasteiger partial charge in [0.05, 0.1) is 22.7 Å². The fourth-order valence-electron chi connectivity index (χ4n) is 4.83. The quantitative estimate of drug-likeness (QED) is 0.285. The van der Waals surface area contributed by atoms with Gasteiger partial charge in [0.2, 0.25) is 11.8 Å². The summed E-state index contributed by atoms with van der Waals surface area (Å²) in [4.78, 5) is 31.9. The van der Waals surface area contributed by atoms with Crippen molar-refractivity contribution in [3.8, 4) is 23.0 Å². The number of piperazine rings is 1. The first-order valence-corrected chi connectivity index (χ1v) is 13.9. The topological polar surface area (TPSA) is 101 Å². The Bertz CT molecular complexity index is 1790. The number of likely N-dealkylation sites (N-methyl/N-ethyl adjacent to an activating group) is 1. The van der Waals surface area contributed by atoms with E-state index in [0.717, 1.165) is 42.2 Å². The Balaban J connectivity index is 1.42. The van der Waals surface area contributed by atoms with E-state index in [-0.39, 0.29) is 33.3 Å². The van der Waals surface area contributed by atoms with E-state index in [0.29, 0.717) is 18.2 Å². The third-order valence-electron chi connectivity index (χ3n) is 7.04. The first kappa shape index (κ1) is 27.6. The van der Waals surface area contributed by atoms with Crippen LogP contribution in [-0.4, -0.2) is 69.5 Å². The molecule has 12 heteroatoms. The smallest absolute Gasteiger partial charge is 0.282 e. The Morgan fingerprint density at radius 3 is 2.50 bits per heavy atom. The van der Waals surface area contributed by atoms with Crippen molar-refractivity contribution in [2.45, 2.75) is 6.92 Å². The van der Waals surface area contributed by atoms with Crippen molar-refractivity contribution in [3.63, 3.8) is 0 Å². The number of fused-ring (bicyclic) bond motifs is 1. The number of aromatic nitrogens is 5. The van der Waals surface area contributed by atoms with Gasteiger partial charge in [0.15, 0.2) is 5.82 Å². The van der Waals surface area contributed by atoms with Gasteiger partial charge >= 0.3 is 0 Å². The molecule has 0 amide bonds. The van der Waals surface area contributed by atoms with Crippen LogP contribution in [-0.2, 0) is 0 Å². The van der Waals surface area contributed by atoms with Crippen molar-refractivity contribution in [1.29, 1.82) is 0 Å². The molecule has 2 aromatic carbocycles. The maximum Gasteiger partial charge on any atom is 0.282 e. The molecule has 0 saturated carbocycles. The third-order valence-corrected chi connectivity index (χ3v) is 7.34. The van der Waals surface area contributed by atoms with Gasteiger partial charge in [-0.1, -0.05) is 23.7 Å². The van der Waals surface area contributed by atoms with Crippen molar-refractivity contribution in [2.75, 3.05) is 50.1 Å². The Morgan fingerprint density at radius 1 is 1.00 bits per heavy atom. The van der Waals surface area contributed by atoms with Crippen LogP contribution in [0.25, 0.3) is 28.0 Å². The molecule has 4 heterocycles. The molecule has 0 bridgehead atoms. The Morgan fingerprint density at radius 2 is 1.76 bits per heavy atom. The van der Waals surface area contributed by atoms with E-state index < -0.39 is 11.4 Å². The molecule has 1 N–H and O–H groups in total. The summed E-state index contributed by atoms with van der Waals surface area (Å²) in [5.41, 5.74) is 2.00. The molecule has 1 aliphatic heterocycles. The predicted octanol–water partition coefficient (Wildman–Crippen LogP) is 4.92. The number of para-hydroxylation sites is 1. The molecule has 1 fully saturated rings. The van der Waals surface area contributed by atoms with Gasteiger partial charge in [-0.2, -0.15) is 9.78 Å². The molecule has 10 nitrogen and oxygen atoms in total. The molecule has 0 atom stereocenters. The van der Waals surface area contributed by atoms with Crippen molar-refractivity contribution >= 4 is 39.8 Å². The van der Waals surface area contributed by atoms with Crippen LogP contribution < -0.4 is 20.5 Å². The molecule has 0 aliphatic carbocycles. The zero-order chi connectivity index (χ0) is 29.2. The van der Waals surface area contributed by atoms with Crippen LogP contribution in [0, 0.1) is 5.82 Å². The number of nitrogens with one attached hydrogen (secondary N) is 1. The lowest BCUT2D eigenvalue weighted by molar-refractivity contribution is 0.313. The average Bonchev–Trinajstić information content (AvgIpc) is 2.99. The molecule has 5 aromatic rings. The summed E-state index contributed by atoms with van der Waals surface area (Å²) in [5.74, 6) is -0.0583. The first-order chi connectivity index (χ1) is 20.4. The summed E-state index contributed by atoms with van der Waals surface area (Å²) in [7, 11) is 2.13. The number of benzene rings is 2. The molecule has 1 aliphatic rings. The molecule has 6 rings (SSSR count). The highest BCUT2D eigenvalue weighted by molar-refractivity contribution is 6.32. The van der Waals surface area contributed by atoms with Crippen LogP contribution in [0.5, 0.6) is 5.88 Å². The predicted molar refractivity (Wildman–Crippen MR) is 162 cm³/mol. The molecule has 3 aromatic heterocycles. The maximum absolute atomic E-state index is 14.9.